The van der Waals surface area contributed by atoms with Gasteiger partial charge in [-0.25, -0.2) is 4.98 Å². The van der Waals surface area contributed by atoms with E-state index in [-0.39, 0.29) is 5.91 Å². The first-order valence-corrected chi connectivity index (χ1v) is 5.21. The summed E-state index contributed by atoms with van der Waals surface area (Å²) in [6, 6.07) is 5.21. The van der Waals surface area contributed by atoms with Crippen LogP contribution in [0.3, 0.4) is 0 Å². The summed E-state index contributed by atoms with van der Waals surface area (Å²) in [4.78, 5) is 15.2. The van der Waals surface area contributed by atoms with E-state index in [1.807, 2.05) is 0 Å². The number of aromatic nitrogens is 1. The number of nitrogens with one attached hydrogen (secondary N) is 1. The lowest BCUT2D eigenvalue weighted by atomic mass is 10.3. The lowest BCUT2D eigenvalue weighted by molar-refractivity contribution is 0.0979. The Morgan fingerprint density at radius 2 is 2.42 bits per heavy atom. The predicted molar refractivity (Wildman–Crippen MR) is 52.9 cm³/mol. The Balaban J connectivity index is 2.81. The molecule has 1 rings (SSSR count). The smallest absolute Gasteiger partial charge is 0.279 e. The van der Waals surface area contributed by atoms with E-state index in [0.29, 0.717) is 10.3 Å². The van der Waals surface area contributed by atoms with Crippen LogP contribution in [0.25, 0.3) is 0 Å². The Bertz CT molecular complexity index is 292. The average Bonchev–Trinajstić information content (AvgIpc) is 2.05. The van der Waals surface area contributed by atoms with Crippen molar-refractivity contribution in [3.63, 3.8) is 0 Å². The zero-order valence-electron chi connectivity index (χ0n) is 6.37. The van der Waals surface area contributed by atoms with E-state index >= 15 is 0 Å². The van der Waals surface area contributed by atoms with Gasteiger partial charge in [0, 0.05) is 6.26 Å². The second kappa shape index (κ2) is 4.47. The molecule has 0 bridgehead atoms. The number of pyridine rings is 1. The molecule has 0 atom stereocenters. The maximum atomic E-state index is 11.2. The summed E-state index contributed by atoms with van der Waals surface area (Å²) in [5, 5.41) is 0. The maximum absolute atomic E-state index is 11.2. The Morgan fingerprint density at radius 1 is 1.67 bits per heavy atom. The highest BCUT2D eigenvalue weighted by atomic mass is 79.9. The molecule has 0 fully saturated rings. The summed E-state index contributed by atoms with van der Waals surface area (Å²) in [7, 11) is 0. The van der Waals surface area contributed by atoms with E-state index in [2.05, 4.69) is 25.6 Å². The fourth-order valence-electron chi connectivity index (χ4n) is 0.680. The molecule has 0 aliphatic carbocycles. The molecule has 5 heteroatoms. The minimum atomic E-state index is -0.177. The topological polar surface area (TPSA) is 42.0 Å². The molecule has 1 aromatic heterocycles. The van der Waals surface area contributed by atoms with Gasteiger partial charge in [0.15, 0.2) is 0 Å². The zero-order chi connectivity index (χ0) is 8.97. The molecular formula is C7H7BrN2OS. The first-order valence-electron chi connectivity index (χ1n) is 3.20. The van der Waals surface area contributed by atoms with Crippen LogP contribution in [-0.2, 0) is 0 Å². The minimum Gasteiger partial charge on any atom is -0.295 e. The minimum absolute atomic E-state index is 0.177. The summed E-state index contributed by atoms with van der Waals surface area (Å²) in [6.07, 6.45) is 1.79. The number of nitrogens with zero attached hydrogens (tertiary/aromatic N) is 1. The highest BCUT2D eigenvalue weighted by Gasteiger charge is 2.04. The second-order valence-electron chi connectivity index (χ2n) is 1.98. The van der Waals surface area contributed by atoms with Gasteiger partial charge in [0.05, 0.1) is 0 Å². The molecule has 1 amide bonds. The van der Waals surface area contributed by atoms with Gasteiger partial charge in [-0.05, 0) is 28.1 Å². The highest BCUT2D eigenvalue weighted by molar-refractivity contribution is 9.10. The number of carbonyl (C=O) groups is 1. The van der Waals surface area contributed by atoms with Gasteiger partial charge in [0.1, 0.15) is 10.3 Å². The molecule has 0 saturated carbocycles. The molecule has 0 radical (unpaired) electrons. The van der Waals surface area contributed by atoms with Crippen molar-refractivity contribution in [2.24, 2.45) is 0 Å². The lowest BCUT2D eigenvalue weighted by Gasteiger charge is -1.99. The Kier molecular flexibility index (Phi) is 3.55. The third kappa shape index (κ3) is 2.49. The van der Waals surface area contributed by atoms with Crippen molar-refractivity contribution in [3.05, 3.63) is 28.5 Å². The molecule has 1 aromatic rings. The Hall–Kier alpha value is -0.550. The van der Waals surface area contributed by atoms with E-state index in [4.69, 9.17) is 0 Å². The van der Waals surface area contributed by atoms with Crippen molar-refractivity contribution in [1.82, 2.24) is 9.71 Å². The number of rotatable bonds is 2. The van der Waals surface area contributed by atoms with Crippen LogP contribution >= 0.6 is 27.9 Å². The molecule has 1 heterocycles. The van der Waals surface area contributed by atoms with Crippen LogP contribution in [0.4, 0.5) is 0 Å². The van der Waals surface area contributed by atoms with Crippen molar-refractivity contribution in [2.75, 3.05) is 6.26 Å². The highest BCUT2D eigenvalue weighted by Crippen LogP contribution is 2.06. The zero-order valence-corrected chi connectivity index (χ0v) is 8.78. The lowest BCUT2D eigenvalue weighted by Crippen LogP contribution is -2.16. The first-order chi connectivity index (χ1) is 5.74. The van der Waals surface area contributed by atoms with Gasteiger partial charge in [0.2, 0.25) is 0 Å². The molecule has 3 nitrogen and oxygen atoms in total. The van der Waals surface area contributed by atoms with Gasteiger partial charge in [-0.1, -0.05) is 18.0 Å². The van der Waals surface area contributed by atoms with Crippen LogP contribution < -0.4 is 4.72 Å². The standard InChI is InChI=1S/C7H7BrN2OS/c1-12-10-7(11)5-3-2-4-6(8)9-5/h2-4H,1H3,(H,10,11). The summed E-state index contributed by atoms with van der Waals surface area (Å²) in [6.45, 7) is 0. The maximum Gasteiger partial charge on any atom is 0.279 e. The normalized spacial score (nSPS) is 9.50. The van der Waals surface area contributed by atoms with Crippen LogP contribution in [0.5, 0.6) is 0 Å². The van der Waals surface area contributed by atoms with Gasteiger partial charge >= 0.3 is 0 Å². The first kappa shape index (κ1) is 9.54. The number of carbonyl (C=O) groups excluding carboxylic acids is 1. The van der Waals surface area contributed by atoms with E-state index in [1.54, 1.807) is 24.5 Å². The number of hydrogen-bond acceptors (Lipinski definition) is 3. The van der Waals surface area contributed by atoms with Crippen LogP contribution in [0.15, 0.2) is 22.8 Å². The SMILES string of the molecule is CSNC(=O)c1cccc(Br)n1. The largest absolute Gasteiger partial charge is 0.295 e. The fraction of sp³-hybridized carbons (Fsp3) is 0.143. The molecule has 64 valence electrons. The monoisotopic (exact) mass is 246 g/mol. The van der Waals surface area contributed by atoms with Gasteiger partial charge in [-0.15, -0.1) is 0 Å². The van der Waals surface area contributed by atoms with E-state index in [9.17, 15) is 4.79 Å². The molecule has 0 saturated heterocycles. The van der Waals surface area contributed by atoms with Gasteiger partial charge in [0.25, 0.3) is 5.91 Å². The van der Waals surface area contributed by atoms with E-state index in [1.165, 1.54) is 11.9 Å². The number of halogens is 1. The van der Waals surface area contributed by atoms with Crippen LogP contribution in [0, 0.1) is 0 Å². The fourth-order valence-corrected chi connectivity index (χ4v) is 1.31. The molecule has 0 spiro atoms. The molecule has 0 unspecified atom stereocenters. The quantitative estimate of drug-likeness (QED) is 0.640. The van der Waals surface area contributed by atoms with Crippen LogP contribution in [0.2, 0.25) is 0 Å². The van der Waals surface area contributed by atoms with Crippen molar-refractivity contribution < 1.29 is 4.79 Å². The Labute approximate surface area is 83.2 Å². The molecule has 12 heavy (non-hydrogen) atoms. The number of hydrogen-bond donors (Lipinski definition) is 1. The van der Waals surface area contributed by atoms with Gasteiger partial charge in [-0.3, -0.25) is 9.52 Å². The van der Waals surface area contributed by atoms with Crippen LogP contribution in [0.1, 0.15) is 10.5 Å². The van der Waals surface area contributed by atoms with Crippen molar-refractivity contribution in [3.8, 4) is 0 Å². The molecular weight excluding hydrogens is 240 g/mol. The van der Waals surface area contributed by atoms with Crippen LogP contribution in [-0.4, -0.2) is 17.1 Å². The average molecular weight is 247 g/mol. The Morgan fingerprint density at radius 3 is 3.00 bits per heavy atom. The number of amides is 1. The van der Waals surface area contributed by atoms with Crippen molar-refractivity contribution in [1.29, 1.82) is 0 Å². The second-order valence-corrected chi connectivity index (χ2v) is 3.41. The molecule has 0 aliphatic heterocycles. The molecule has 0 aliphatic rings. The third-order valence-corrected chi connectivity index (χ3v) is 1.97. The third-order valence-electron chi connectivity index (χ3n) is 1.14. The van der Waals surface area contributed by atoms with E-state index < -0.39 is 0 Å². The van der Waals surface area contributed by atoms with Gasteiger partial charge in [-0.2, -0.15) is 0 Å². The molecule has 1 N–H and O–H groups in total. The summed E-state index contributed by atoms with van der Waals surface area (Å²) >= 11 is 4.44. The summed E-state index contributed by atoms with van der Waals surface area (Å²) in [5.41, 5.74) is 0.415. The predicted octanol–water partition coefficient (Wildman–Crippen LogP) is 1.85. The summed E-state index contributed by atoms with van der Waals surface area (Å²) < 4.78 is 3.25. The molecule has 0 aromatic carbocycles. The van der Waals surface area contributed by atoms with Crippen molar-refractivity contribution in [2.45, 2.75) is 0 Å². The summed E-state index contributed by atoms with van der Waals surface area (Å²) in [5.74, 6) is -0.177. The van der Waals surface area contributed by atoms with Crippen molar-refractivity contribution >= 4 is 33.8 Å². The van der Waals surface area contributed by atoms with E-state index in [0.717, 1.165) is 0 Å². The van der Waals surface area contributed by atoms with Gasteiger partial charge < -0.3 is 0 Å².